The molecule has 3 atom stereocenters. The van der Waals surface area contributed by atoms with E-state index in [0.29, 0.717) is 12.3 Å². The monoisotopic (exact) mass is 269 g/mol. The van der Waals surface area contributed by atoms with Crippen LogP contribution in [0.3, 0.4) is 0 Å². The number of hydrogen-bond donors (Lipinski definition) is 1. The summed E-state index contributed by atoms with van der Waals surface area (Å²) in [7, 11) is 0. The van der Waals surface area contributed by atoms with Gasteiger partial charge in [-0.05, 0) is 66.8 Å². The van der Waals surface area contributed by atoms with Crippen molar-refractivity contribution >= 4 is 5.91 Å². The summed E-state index contributed by atoms with van der Waals surface area (Å²) in [5.74, 6) is 2.94. The molecule has 4 fully saturated rings. The molecule has 3 unspecified atom stereocenters. The summed E-state index contributed by atoms with van der Waals surface area (Å²) in [5, 5.41) is 0. The Hall–Kier alpha value is -1.31. The van der Waals surface area contributed by atoms with Crippen LogP contribution in [-0.2, 0) is 4.79 Å². The molecule has 0 aliphatic heterocycles. The lowest BCUT2D eigenvalue weighted by Gasteiger charge is -2.61. The van der Waals surface area contributed by atoms with E-state index in [2.05, 4.69) is 30.3 Å². The second-order valence-electron chi connectivity index (χ2n) is 7.50. The summed E-state index contributed by atoms with van der Waals surface area (Å²) < 4.78 is 0. The Morgan fingerprint density at radius 3 is 2.35 bits per heavy atom. The fourth-order valence-corrected chi connectivity index (χ4v) is 6.10. The first-order valence-corrected chi connectivity index (χ1v) is 7.99. The van der Waals surface area contributed by atoms with Crippen LogP contribution >= 0.6 is 0 Å². The van der Waals surface area contributed by atoms with E-state index in [1.54, 1.807) is 0 Å². The highest BCUT2D eigenvalue weighted by Gasteiger charge is 2.57. The number of benzene rings is 1. The average Bonchev–Trinajstić information content (AvgIpc) is 2.37. The molecule has 0 radical (unpaired) electrons. The van der Waals surface area contributed by atoms with Gasteiger partial charge in [0.15, 0.2) is 0 Å². The Bertz CT molecular complexity index is 509. The van der Waals surface area contributed by atoms with E-state index in [1.165, 1.54) is 37.7 Å². The van der Waals surface area contributed by atoms with Gasteiger partial charge in [0.1, 0.15) is 0 Å². The predicted molar refractivity (Wildman–Crippen MR) is 79.0 cm³/mol. The number of carbonyl (C=O) groups excluding carboxylic acids is 1. The summed E-state index contributed by atoms with van der Waals surface area (Å²) in [4.78, 5) is 11.7. The van der Waals surface area contributed by atoms with Crippen molar-refractivity contribution in [2.75, 3.05) is 0 Å². The fraction of sp³-hybridized carbons (Fsp3) is 0.611. The first-order chi connectivity index (χ1) is 9.66. The lowest BCUT2D eigenvalue weighted by Crippen LogP contribution is -2.52. The lowest BCUT2D eigenvalue weighted by atomic mass is 9.43. The van der Waals surface area contributed by atoms with Gasteiger partial charge in [0, 0.05) is 6.42 Å². The number of carbonyl (C=O) groups is 1. The van der Waals surface area contributed by atoms with E-state index in [1.807, 2.05) is 0 Å². The van der Waals surface area contributed by atoms with Crippen molar-refractivity contribution in [3.05, 3.63) is 35.9 Å². The van der Waals surface area contributed by atoms with Crippen LogP contribution in [0, 0.1) is 23.2 Å². The summed E-state index contributed by atoms with van der Waals surface area (Å²) in [6.07, 6.45) is 7.19. The molecule has 1 aromatic carbocycles. The predicted octanol–water partition coefficient (Wildman–Crippen LogP) is 3.47. The van der Waals surface area contributed by atoms with Crippen molar-refractivity contribution in [2.45, 2.75) is 44.4 Å². The number of primary amides is 1. The van der Waals surface area contributed by atoms with E-state index in [9.17, 15) is 4.79 Å². The number of nitrogens with two attached hydrogens (primary N) is 1. The number of hydrogen-bond acceptors (Lipinski definition) is 1. The van der Waals surface area contributed by atoms with Crippen LogP contribution in [0.4, 0.5) is 0 Å². The highest BCUT2D eigenvalue weighted by molar-refractivity contribution is 5.75. The van der Waals surface area contributed by atoms with E-state index < -0.39 is 0 Å². The minimum absolute atomic E-state index is 0.104. The molecule has 4 bridgehead atoms. The number of amides is 1. The van der Waals surface area contributed by atoms with Crippen LogP contribution < -0.4 is 5.73 Å². The third kappa shape index (κ3) is 1.81. The molecule has 2 heteroatoms. The Kier molecular flexibility index (Phi) is 2.70. The van der Waals surface area contributed by atoms with Crippen molar-refractivity contribution in [2.24, 2.45) is 28.9 Å². The zero-order valence-electron chi connectivity index (χ0n) is 11.9. The zero-order valence-corrected chi connectivity index (χ0v) is 11.9. The molecule has 2 nitrogen and oxygen atoms in total. The topological polar surface area (TPSA) is 43.1 Å². The van der Waals surface area contributed by atoms with Crippen LogP contribution in [0.5, 0.6) is 0 Å². The quantitative estimate of drug-likeness (QED) is 0.897. The standard InChI is InChI=1S/C18H23NO/c19-16(20)11-18-9-12-6-13(10-18)8-15(7-12)17(18)14-4-2-1-3-5-14/h1-5,12-13,15,17H,6-11H2,(H2,19,20). The lowest BCUT2D eigenvalue weighted by molar-refractivity contribution is -0.129. The molecule has 1 aromatic rings. The van der Waals surface area contributed by atoms with Crippen LogP contribution in [0.15, 0.2) is 30.3 Å². The van der Waals surface area contributed by atoms with Gasteiger partial charge in [0.05, 0.1) is 0 Å². The largest absolute Gasteiger partial charge is 0.370 e. The second kappa shape index (κ2) is 4.34. The molecule has 0 aromatic heterocycles. The third-order valence-corrected chi connectivity index (χ3v) is 6.15. The third-order valence-electron chi connectivity index (χ3n) is 6.15. The highest BCUT2D eigenvalue weighted by Crippen LogP contribution is 2.67. The minimum Gasteiger partial charge on any atom is -0.370 e. The van der Waals surface area contributed by atoms with E-state index in [0.717, 1.165) is 17.8 Å². The normalized spacial score (nSPS) is 41.8. The van der Waals surface area contributed by atoms with Crippen LogP contribution in [0.25, 0.3) is 0 Å². The molecule has 5 rings (SSSR count). The highest BCUT2D eigenvalue weighted by atomic mass is 16.1. The van der Waals surface area contributed by atoms with Crippen molar-refractivity contribution < 1.29 is 4.79 Å². The maximum atomic E-state index is 11.7. The van der Waals surface area contributed by atoms with E-state index in [-0.39, 0.29) is 11.3 Å². The second-order valence-corrected chi connectivity index (χ2v) is 7.50. The molecular formula is C18H23NO. The summed E-state index contributed by atoms with van der Waals surface area (Å²) in [6.45, 7) is 0. The smallest absolute Gasteiger partial charge is 0.217 e. The molecule has 0 spiro atoms. The molecule has 106 valence electrons. The molecule has 4 saturated carbocycles. The fourth-order valence-electron chi connectivity index (χ4n) is 6.10. The first-order valence-electron chi connectivity index (χ1n) is 7.99. The average molecular weight is 269 g/mol. The molecule has 1 amide bonds. The molecular weight excluding hydrogens is 246 g/mol. The van der Waals surface area contributed by atoms with Gasteiger partial charge in [-0.15, -0.1) is 0 Å². The minimum atomic E-state index is -0.104. The Balaban J connectivity index is 1.77. The van der Waals surface area contributed by atoms with Crippen molar-refractivity contribution in [1.29, 1.82) is 0 Å². The molecule has 2 N–H and O–H groups in total. The van der Waals surface area contributed by atoms with Crippen LogP contribution in [0.2, 0.25) is 0 Å². The molecule has 4 aliphatic carbocycles. The molecule has 0 heterocycles. The first kappa shape index (κ1) is 12.4. The zero-order chi connectivity index (χ0) is 13.7. The SMILES string of the molecule is NC(=O)CC12CC3CC(CC(C3)C1c1ccccc1)C2. The Morgan fingerprint density at radius 2 is 1.75 bits per heavy atom. The summed E-state index contributed by atoms with van der Waals surface area (Å²) in [6, 6.07) is 10.9. The molecule has 4 aliphatic rings. The van der Waals surface area contributed by atoms with Crippen molar-refractivity contribution in [3.8, 4) is 0 Å². The van der Waals surface area contributed by atoms with Crippen molar-refractivity contribution in [1.82, 2.24) is 0 Å². The van der Waals surface area contributed by atoms with Gasteiger partial charge in [-0.25, -0.2) is 0 Å². The Labute approximate surface area is 120 Å². The van der Waals surface area contributed by atoms with Crippen LogP contribution in [0.1, 0.15) is 50.0 Å². The van der Waals surface area contributed by atoms with Gasteiger partial charge in [0.2, 0.25) is 5.91 Å². The van der Waals surface area contributed by atoms with Gasteiger partial charge in [-0.1, -0.05) is 30.3 Å². The van der Waals surface area contributed by atoms with Crippen molar-refractivity contribution in [3.63, 3.8) is 0 Å². The van der Waals surface area contributed by atoms with Gasteiger partial charge in [-0.2, -0.15) is 0 Å². The van der Waals surface area contributed by atoms with Gasteiger partial charge < -0.3 is 5.73 Å². The number of rotatable bonds is 3. The van der Waals surface area contributed by atoms with E-state index >= 15 is 0 Å². The summed E-state index contributed by atoms with van der Waals surface area (Å²) in [5.41, 5.74) is 7.23. The summed E-state index contributed by atoms with van der Waals surface area (Å²) >= 11 is 0. The Morgan fingerprint density at radius 1 is 1.10 bits per heavy atom. The van der Waals surface area contributed by atoms with Gasteiger partial charge in [-0.3, -0.25) is 4.79 Å². The van der Waals surface area contributed by atoms with E-state index in [4.69, 9.17) is 5.73 Å². The van der Waals surface area contributed by atoms with Gasteiger partial charge in [0.25, 0.3) is 0 Å². The molecule has 20 heavy (non-hydrogen) atoms. The van der Waals surface area contributed by atoms with Crippen LogP contribution in [-0.4, -0.2) is 5.91 Å². The maximum absolute atomic E-state index is 11.7. The molecule has 0 saturated heterocycles. The van der Waals surface area contributed by atoms with Gasteiger partial charge >= 0.3 is 0 Å². The maximum Gasteiger partial charge on any atom is 0.217 e.